The van der Waals surface area contributed by atoms with E-state index in [9.17, 15) is 14.0 Å². The van der Waals surface area contributed by atoms with E-state index in [1.54, 1.807) is 12.1 Å². The van der Waals surface area contributed by atoms with Crippen molar-refractivity contribution in [3.05, 3.63) is 59.9 Å². The van der Waals surface area contributed by atoms with Gasteiger partial charge in [-0.2, -0.15) is 0 Å². The van der Waals surface area contributed by atoms with E-state index in [2.05, 4.69) is 11.4 Å². The Morgan fingerprint density at radius 2 is 1.90 bits per heavy atom. The maximum absolute atomic E-state index is 13.3. The van der Waals surface area contributed by atoms with Crippen molar-refractivity contribution in [3.63, 3.8) is 0 Å². The van der Waals surface area contributed by atoms with Crippen LogP contribution in [0, 0.1) is 17.2 Å². The highest BCUT2D eigenvalue weighted by molar-refractivity contribution is 5.86. The Morgan fingerprint density at radius 3 is 2.57 bits per heavy atom. The summed E-state index contributed by atoms with van der Waals surface area (Å²) in [5, 5.41) is 3.00. The molecule has 0 radical (unpaired) electrons. The number of carbonyl (C=O) groups is 2. The average Bonchev–Trinajstić information content (AvgIpc) is 3.13. The molecule has 4 rings (SSSR count). The van der Waals surface area contributed by atoms with E-state index < -0.39 is 5.41 Å². The molecule has 5 heteroatoms. The maximum Gasteiger partial charge on any atom is 0.228 e. The minimum atomic E-state index is -0.600. The lowest BCUT2D eigenvalue weighted by atomic mass is 9.79. The van der Waals surface area contributed by atoms with Gasteiger partial charge < -0.3 is 10.2 Å². The van der Waals surface area contributed by atoms with E-state index in [1.165, 1.54) is 12.1 Å². The van der Waals surface area contributed by atoms with Crippen LogP contribution >= 0.6 is 0 Å². The second kappa shape index (κ2) is 8.58. The summed E-state index contributed by atoms with van der Waals surface area (Å²) < 4.78 is 13.3. The fourth-order valence-electron chi connectivity index (χ4n) is 4.63. The van der Waals surface area contributed by atoms with E-state index >= 15 is 0 Å². The molecule has 2 aliphatic rings. The van der Waals surface area contributed by atoms with Crippen LogP contribution in [0.1, 0.15) is 38.2 Å². The molecule has 1 heterocycles. The largest absolute Gasteiger partial charge is 0.356 e. The highest BCUT2D eigenvalue weighted by Gasteiger charge is 2.47. The van der Waals surface area contributed by atoms with Gasteiger partial charge in [-0.15, -0.1) is 0 Å². The van der Waals surface area contributed by atoms with Crippen molar-refractivity contribution >= 4 is 11.8 Å². The molecule has 2 fully saturated rings. The molecule has 4 nitrogen and oxygen atoms in total. The molecule has 1 aliphatic heterocycles. The number of likely N-dealkylation sites (tertiary alicyclic amines) is 1. The monoisotopic (exact) mass is 408 g/mol. The van der Waals surface area contributed by atoms with Gasteiger partial charge in [-0.25, -0.2) is 4.39 Å². The number of nitrogens with one attached hydrogen (secondary N) is 1. The van der Waals surface area contributed by atoms with Crippen LogP contribution in [-0.4, -0.2) is 36.3 Å². The first-order valence-corrected chi connectivity index (χ1v) is 10.9. The van der Waals surface area contributed by atoms with Gasteiger partial charge in [0.2, 0.25) is 11.8 Å². The Balaban J connectivity index is 1.57. The van der Waals surface area contributed by atoms with Crippen molar-refractivity contribution in [1.82, 2.24) is 10.2 Å². The summed E-state index contributed by atoms with van der Waals surface area (Å²) in [6.45, 7) is 3.62. The summed E-state index contributed by atoms with van der Waals surface area (Å²) in [6, 6.07) is 14.5. The maximum atomic E-state index is 13.3. The van der Waals surface area contributed by atoms with Gasteiger partial charge in [0, 0.05) is 25.6 Å². The van der Waals surface area contributed by atoms with Gasteiger partial charge in [-0.1, -0.05) is 42.8 Å². The van der Waals surface area contributed by atoms with Crippen LogP contribution in [0.2, 0.25) is 0 Å². The van der Waals surface area contributed by atoms with Gasteiger partial charge in [0.1, 0.15) is 5.82 Å². The average molecular weight is 409 g/mol. The molecule has 1 atom stereocenters. The van der Waals surface area contributed by atoms with Gasteiger partial charge in [-0.3, -0.25) is 9.59 Å². The number of benzene rings is 2. The topological polar surface area (TPSA) is 49.4 Å². The molecule has 1 aliphatic carbocycles. The third kappa shape index (κ3) is 4.11. The number of rotatable bonds is 6. The number of hydrogen-bond donors (Lipinski definition) is 1. The van der Waals surface area contributed by atoms with Gasteiger partial charge in [0.25, 0.3) is 0 Å². The molecular formula is C25H29FN2O2. The molecule has 30 heavy (non-hydrogen) atoms. The molecule has 1 N–H and O–H groups in total. The minimum absolute atomic E-state index is 0.0288. The SMILES string of the molecule is CCNC(=O)C1(Cc2cccc(-c3ccc(F)cc3)c2)CCN(C(=O)C2CCC2)C1. The van der Waals surface area contributed by atoms with Crippen LogP contribution < -0.4 is 5.32 Å². The molecule has 1 unspecified atom stereocenters. The van der Waals surface area contributed by atoms with E-state index in [0.29, 0.717) is 32.5 Å². The third-order valence-corrected chi connectivity index (χ3v) is 6.59. The zero-order valence-electron chi connectivity index (χ0n) is 17.5. The first-order chi connectivity index (χ1) is 14.5. The smallest absolute Gasteiger partial charge is 0.228 e. The summed E-state index contributed by atoms with van der Waals surface area (Å²) >= 11 is 0. The van der Waals surface area contributed by atoms with Crippen LogP contribution in [0.3, 0.4) is 0 Å². The Labute approximate surface area is 177 Å². The van der Waals surface area contributed by atoms with E-state index in [4.69, 9.17) is 0 Å². The fraction of sp³-hybridized carbons (Fsp3) is 0.440. The van der Waals surface area contributed by atoms with E-state index in [-0.39, 0.29) is 23.5 Å². The summed E-state index contributed by atoms with van der Waals surface area (Å²) in [4.78, 5) is 27.8. The molecule has 1 saturated heterocycles. The van der Waals surface area contributed by atoms with Crippen molar-refractivity contribution in [2.75, 3.05) is 19.6 Å². The number of halogens is 1. The third-order valence-electron chi connectivity index (χ3n) is 6.59. The second-order valence-corrected chi connectivity index (χ2v) is 8.66. The van der Waals surface area contributed by atoms with Crippen molar-refractivity contribution in [2.24, 2.45) is 11.3 Å². The van der Waals surface area contributed by atoms with Crippen LogP contribution in [-0.2, 0) is 16.0 Å². The Morgan fingerprint density at radius 1 is 1.13 bits per heavy atom. The predicted octanol–water partition coefficient (Wildman–Crippen LogP) is 4.19. The first kappa shape index (κ1) is 20.6. The van der Waals surface area contributed by atoms with Gasteiger partial charge >= 0.3 is 0 Å². The summed E-state index contributed by atoms with van der Waals surface area (Å²) in [7, 11) is 0. The first-order valence-electron chi connectivity index (χ1n) is 10.9. The van der Waals surface area contributed by atoms with Crippen molar-refractivity contribution in [1.29, 1.82) is 0 Å². The predicted molar refractivity (Wildman–Crippen MR) is 115 cm³/mol. The fourth-order valence-corrected chi connectivity index (χ4v) is 4.63. The van der Waals surface area contributed by atoms with Crippen LogP contribution in [0.15, 0.2) is 48.5 Å². The van der Waals surface area contributed by atoms with Crippen molar-refractivity contribution in [3.8, 4) is 11.1 Å². The zero-order chi connectivity index (χ0) is 21.1. The second-order valence-electron chi connectivity index (χ2n) is 8.66. The highest BCUT2D eigenvalue weighted by atomic mass is 19.1. The Bertz CT molecular complexity index is 923. The molecule has 2 aromatic rings. The van der Waals surface area contributed by atoms with Crippen LogP contribution in [0.5, 0.6) is 0 Å². The van der Waals surface area contributed by atoms with Gasteiger partial charge in [0.05, 0.1) is 5.41 Å². The lowest BCUT2D eigenvalue weighted by Gasteiger charge is -2.32. The molecule has 158 valence electrons. The van der Waals surface area contributed by atoms with Gasteiger partial charge in [0.15, 0.2) is 0 Å². The Hall–Kier alpha value is -2.69. The van der Waals surface area contributed by atoms with Gasteiger partial charge in [-0.05, 0) is 61.4 Å². The summed E-state index contributed by atoms with van der Waals surface area (Å²) in [6.07, 6.45) is 4.34. The van der Waals surface area contributed by atoms with E-state index in [0.717, 1.165) is 36.0 Å². The molecule has 0 spiro atoms. The lowest BCUT2D eigenvalue weighted by molar-refractivity contribution is -0.138. The quantitative estimate of drug-likeness (QED) is 0.779. The van der Waals surface area contributed by atoms with Crippen LogP contribution in [0.25, 0.3) is 11.1 Å². The molecule has 2 aromatic carbocycles. The summed E-state index contributed by atoms with van der Waals surface area (Å²) in [5.41, 5.74) is 2.40. The minimum Gasteiger partial charge on any atom is -0.356 e. The normalized spacial score (nSPS) is 21.3. The number of carbonyl (C=O) groups excluding carboxylic acids is 2. The van der Waals surface area contributed by atoms with Crippen LogP contribution in [0.4, 0.5) is 4.39 Å². The molecule has 0 bridgehead atoms. The molecule has 0 aromatic heterocycles. The lowest BCUT2D eigenvalue weighted by Crippen LogP contribution is -2.46. The highest BCUT2D eigenvalue weighted by Crippen LogP contribution is 2.38. The molecule has 1 saturated carbocycles. The Kier molecular flexibility index (Phi) is 5.89. The molecule has 2 amide bonds. The van der Waals surface area contributed by atoms with E-state index in [1.807, 2.05) is 30.0 Å². The van der Waals surface area contributed by atoms with Crippen molar-refractivity contribution < 1.29 is 14.0 Å². The van der Waals surface area contributed by atoms with Crippen molar-refractivity contribution in [2.45, 2.75) is 39.0 Å². The zero-order valence-corrected chi connectivity index (χ0v) is 17.5. The number of amides is 2. The standard InChI is InChI=1S/C25H29FN2O2/c1-2-27-24(30)25(13-14-28(17-25)23(29)20-6-4-7-20)16-18-5-3-8-21(15-18)19-9-11-22(26)12-10-19/h3,5,8-12,15,20H,2,4,6-7,13-14,16-17H2,1H3,(H,27,30). The molecular weight excluding hydrogens is 379 g/mol. The number of nitrogens with zero attached hydrogens (tertiary/aromatic N) is 1. The number of hydrogen-bond acceptors (Lipinski definition) is 2. The summed E-state index contributed by atoms with van der Waals surface area (Å²) in [5.74, 6) is 0.137.